The molecule has 0 aromatic rings. The SMILES string of the molecule is CC(C)(O)C12CCCC1CCC2. The van der Waals surface area contributed by atoms with Crippen LogP contribution in [0.1, 0.15) is 52.4 Å². The standard InChI is InChI=1S/C11H20O/c1-10(2,12)11-7-3-5-9(11)6-4-8-11/h9,12H,3-8H2,1-2H3. The number of hydrogen-bond acceptors (Lipinski definition) is 1. The van der Waals surface area contributed by atoms with Crippen LogP contribution in [0.2, 0.25) is 0 Å². The van der Waals surface area contributed by atoms with E-state index in [1.54, 1.807) is 0 Å². The maximum atomic E-state index is 10.2. The van der Waals surface area contributed by atoms with Gasteiger partial charge in [0.05, 0.1) is 5.60 Å². The van der Waals surface area contributed by atoms with Crippen LogP contribution in [-0.4, -0.2) is 10.7 Å². The quantitative estimate of drug-likeness (QED) is 0.638. The van der Waals surface area contributed by atoms with Crippen molar-refractivity contribution in [2.45, 2.75) is 58.0 Å². The summed E-state index contributed by atoms with van der Waals surface area (Å²) in [6, 6.07) is 0. The van der Waals surface area contributed by atoms with Crippen LogP contribution in [0.4, 0.5) is 0 Å². The van der Waals surface area contributed by atoms with Crippen molar-refractivity contribution in [3.8, 4) is 0 Å². The van der Waals surface area contributed by atoms with E-state index in [4.69, 9.17) is 0 Å². The Balaban J connectivity index is 2.28. The average molecular weight is 168 g/mol. The van der Waals surface area contributed by atoms with Crippen molar-refractivity contribution in [3.05, 3.63) is 0 Å². The second kappa shape index (κ2) is 2.47. The van der Waals surface area contributed by atoms with E-state index in [1.165, 1.54) is 38.5 Å². The number of aliphatic hydroxyl groups is 1. The summed E-state index contributed by atoms with van der Waals surface area (Å²) in [6.07, 6.45) is 7.94. The van der Waals surface area contributed by atoms with Crippen molar-refractivity contribution in [2.24, 2.45) is 11.3 Å². The van der Waals surface area contributed by atoms with Crippen LogP contribution in [0.3, 0.4) is 0 Å². The normalized spacial score (nSPS) is 41.8. The van der Waals surface area contributed by atoms with Crippen molar-refractivity contribution >= 4 is 0 Å². The van der Waals surface area contributed by atoms with Gasteiger partial charge >= 0.3 is 0 Å². The first kappa shape index (κ1) is 8.55. The number of rotatable bonds is 1. The van der Waals surface area contributed by atoms with E-state index in [0.717, 1.165) is 5.92 Å². The Labute approximate surface area is 75.2 Å². The molecule has 2 aliphatic carbocycles. The zero-order valence-electron chi connectivity index (χ0n) is 8.27. The van der Waals surface area contributed by atoms with Crippen molar-refractivity contribution < 1.29 is 5.11 Å². The lowest BCUT2D eigenvalue weighted by Gasteiger charge is -2.41. The predicted octanol–water partition coefficient (Wildman–Crippen LogP) is 2.73. The highest BCUT2D eigenvalue weighted by Crippen LogP contribution is 2.59. The van der Waals surface area contributed by atoms with E-state index in [9.17, 15) is 5.11 Å². The first-order valence-electron chi connectivity index (χ1n) is 5.29. The van der Waals surface area contributed by atoms with Crippen LogP contribution in [-0.2, 0) is 0 Å². The minimum atomic E-state index is -0.440. The monoisotopic (exact) mass is 168 g/mol. The van der Waals surface area contributed by atoms with Gasteiger partial charge in [0.25, 0.3) is 0 Å². The van der Waals surface area contributed by atoms with Crippen LogP contribution in [0.25, 0.3) is 0 Å². The maximum Gasteiger partial charge on any atom is 0.0650 e. The third kappa shape index (κ3) is 0.953. The minimum absolute atomic E-state index is 0.299. The fraction of sp³-hybridized carbons (Fsp3) is 1.00. The molecule has 0 atom stereocenters. The lowest BCUT2D eigenvalue weighted by atomic mass is 9.68. The van der Waals surface area contributed by atoms with Crippen molar-refractivity contribution in [1.82, 2.24) is 0 Å². The minimum Gasteiger partial charge on any atom is -0.390 e. The van der Waals surface area contributed by atoms with Crippen molar-refractivity contribution in [3.63, 3.8) is 0 Å². The molecule has 0 aliphatic heterocycles. The molecule has 0 radical (unpaired) electrons. The van der Waals surface area contributed by atoms with Crippen molar-refractivity contribution in [2.75, 3.05) is 0 Å². The zero-order valence-corrected chi connectivity index (χ0v) is 8.27. The summed E-state index contributed by atoms with van der Waals surface area (Å²) < 4.78 is 0. The molecule has 2 saturated carbocycles. The Morgan fingerprint density at radius 3 is 2.00 bits per heavy atom. The maximum absolute atomic E-state index is 10.2. The molecule has 2 aliphatic rings. The van der Waals surface area contributed by atoms with Gasteiger partial charge in [0, 0.05) is 5.41 Å². The fourth-order valence-electron chi connectivity index (χ4n) is 3.67. The highest BCUT2D eigenvalue weighted by molar-refractivity contribution is 5.04. The lowest BCUT2D eigenvalue weighted by Crippen LogP contribution is -2.43. The molecular weight excluding hydrogens is 148 g/mol. The highest BCUT2D eigenvalue weighted by atomic mass is 16.3. The van der Waals surface area contributed by atoms with E-state index in [1.807, 2.05) is 13.8 Å². The first-order valence-corrected chi connectivity index (χ1v) is 5.29. The predicted molar refractivity (Wildman–Crippen MR) is 49.9 cm³/mol. The van der Waals surface area contributed by atoms with Gasteiger partial charge in [0.1, 0.15) is 0 Å². The molecule has 12 heavy (non-hydrogen) atoms. The fourth-order valence-corrected chi connectivity index (χ4v) is 3.67. The van der Waals surface area contributed by atoms with E-state index < -0.39 is 5.60 Å². The van der Waals surface area contributed by atoms with Gasteiger partial charge in [-0.15, -0.1) is 0 Å². The van der Waals surface area contributed by atoms with Gasteiger partial charge in [-0.2, -0.15) is 0 Å². The Kier molecular flexibility index (Phi) is 1.76. The molecule has 1 nitrogen and oxygen atoms in total. The van der Waals surface area contributed by atoms with Gasteiger partial charge in [0.2, 0.25) is 0 Å². The van der Waals surface area contributed by atoms with E-state index in [0.29, 0.717) is 5.41 Å². The highest BCUT2D eigenvalue weighted by Gasteiger charge is 2.54. The average Bonchev–Trinajstić information content (AvgIpc) is 2.37. The summed E-state index contributed by atoms with van der Waals surface area (Å²) in [6.45, 7) is 4.02. The van der Waals surface area contributed by atoms with Crippen molar-refractivity contribution in [1.29, 1.82) is 0 Å². The van der Waals surface area contributed by atoms with Crippen LogP contribution < -0.4 is 0 Å². The van der Waals surface area contributed by atoms with Gasteiger partial charge in [-0.1, -0.05) is 12.8 Å². The Hall–Kier alpha value is -0.0400. The van der Waals surface area contributed by atoms with Gasteiger partial charge in [-0.3, -0.25) is 0 Å². The second-order valence-electron chi connectivity index (χ2n) is 5.20. The van der Waals surface area contributed by atoms with Crippen LogP contribution in [0, 0.1) is 11.3 Å². The number of fused-ring (bicyclic) bond motifs is 1. The molecule has 1 N–H and O–H groups in total. The summed E-state index contributed by atoms with van der Waals surface area (Å²) in [7, 11) is 0. The van der Waals surface area contributed by atoms with Crippen LogP contribution in [0.5, 0.6) is 0 Å². The lowest BCUT2D eigenvalue weighted by molar-refractivity contribution is -0.0670. The number of hydrogen-bond donors (Lipinski definition) is 1. The van der Waals surface area contributed by atoms with E-state index in [-0.39, 0.29) is 0 Å². The van der Waals surface area contributed by atoms with Gasteiger partial charge in [-0.05, 0) is 45.4 Å². The second-order valence-corrected chi connectivity index (χ2v) is 5.20. The molecule has 2 fully saturated rings. The third-order valence-electron chi connectivity index (χ3n) is 4.35. The molecule has 0 spiro atoms. The van der Waals surface area contributed by atoms with E-state index in [2.05, 4.69) is 0 Å². The molecule has 2 rings (SSSR count). The molecular formula is C11H20O. The topological polar surface area (TPSA) is 20.2 Å². The summed E-state index contributed by atoms with van der Waals surface area (Å²) in [5, 5.41) is 10.2. The summed E-state index contributed by atoms with van der Waals surface area (Å²) in [4.78, 5) is 0. The Bertz CT molecular complexity index is 168. The smallest absolute Gasteiger partial charge is 0.0650 e. The summed E-state index contributed by atoms with van der Waals surface area (Å²) in [5.41, 5.74) is -0.141. The molecule has 0 amide bonds. The van der Waals surface area contributed by atoms with Gasteiger partial charge in [-0.25, -0.2) is 0 Å². The van der Waals surface area contributed by atoms with Crippen LogP contribution in [0.15, 0.2) is 0 Å². The molecule has 0 heterocycles. The van der Waals surface area contributed by atoms with Gasteiger partial charge < -0.3 is 5.11 Å². The third-order valence-corrected chi connectivity index (χ3v) is 4.35. The summed E-state index contributed by atoms with van der Waals surface area (Å²) >= 11 is 0. The molecule has 1 heteroatoms. The molecule has 0 unspecified atom stereocenters. The Morgan fingerprint density at radius 1 is 1.17 bits per heavy atom. The molecule has 70 valence electrons. The summed E-state index contributed by atoms with van der Waals surface area (Å²) in [5.74, 6) is 0.831. The molecule has 0 aromatic heterocycles. The zero-order chi connectivity index (χ0) is 8.82. The largest absolute Gasteiger partial charge is 0.390 e. The van der Waals surface area contributed by atoms with E-state index >= 15 is 0 Å². The first-order chi connectivity index (χ1) is 5.56. The molecule has 0 saturated heterocycles. The molecule has 0 bridgehead atoms. The van der Waals surface area contributed by atoms with Gasteiger partial charge in [0.15, 0.2) is 0 Å². The Morgan fingerprint density at radius 2 is 1.67 bits per heavy atom. The molecule has 0 aromatic carbocycles. The van der Waals surface area contributed by atoms with Crippen LogP contribution >= 0.6 is 0 Å².